The van der Waals surface area contributed by atoms with Gasteiger partial charge in [-0.25, -0.2) is 9.18 Å². The largest absolute Gasteiger partial charge is 0.325 e. The van der Waals surface area contributed by atoms with Gasteiger partial charge in [0.25, 0.3) is 5.91 Å². The Morgan fingerprint density at radius 1 is 1.17 bits per heavy atom. The maximum Gasteiger partial charge on any atom is 0.325 e. The van der Waals surface area contributed by atoms with E-state index in [-0.39, 0.29) is 12.1 Å². The van der Waals surface area contributed by atoms with Crippen LogP contribution in [0.4, 0.5) is 9.18 Å². The minimum absolute atomic E-state index is 0.106. The summed E-state index contributed by atoms with van der Waals surface area (Å²) < 4.78 is 14.6. The second kappa shape index (κ2) is 6.02. The summed E-state index contributed by atoms with van der Waals surface area (Å²) in [6.45, 7) is 3.50. The van der Waals surface area contributed by atoms with Gasteiger partial charge in [-0.3, -0.25) is 9.69 Å². The molecule has 6 heteroatoms. The fourth-order valence-corrected chi connectivity index (χ4v) is 3.08. The van der Waals surface area contributed by atoms with Crippen LogP contribution >= 0.6 is 15.9 Å². The minimum Gasteiger partial charge on any atom is -0.319 e. The summed E-state index contributed by atoms with van der Waals surface area (Å²) in [5, 5.41) is 2.72. The molecule has 3 amide bonds. The number of aryl methyl sites for hydroxylation is 1. The average Bonchev–Trinajstić information content (AvgIpc) is 2.74. The maximum atomic E-state index is 14.0. The lowest BCUT2D eigenvalue weighted by molar-refractivity contribution is -0.131. The van der Waals surface area contributed by atoms with Crippen LogP contribution in [-0.2, 0) is 16.9 Å². The Bertz CT molecular complexity index is 822. The molecule has 4 nitrogen and oxygen atoms in total. The van der Waals surface area contributed by atoms with Crippen molar-refractivity contribution in [2.24, 2.45) is 0 Å². The molecule has 124 valence electrons. The predicted molar refractivity (Wildman–Crippen MR) is 91.7 cm³/mol. The highest BCUT2D eigenvalue weighted by molar-refractivity contribution is 9.10. The summed E-state index contributed by atoms with van der Waals surface area (Å²) in [4.78, 5) is 26.1. The van der Waals surface area contributed by atoms with E-state index in [1.54, 1.807) is 19.1 Å². The van der Waals surface area contributed by atoms with Gasteiger partial charge in [-0.1, -0.05) is 51.8 Å². The molecule has 1 aliphatic heterocycles. The van der Waals surface area contributed by atoms with Gasteiger partial charge in [0.05, 0.1) is 6.54 Å². The van der Waals surface area contributed by atoms with Gasteiger partial charge in [-0.15, -0.1) is 0 Å². The summed E-state index contributed by atoms with van der Waals surface area (Å²) in [5.41, 5.74) is 0.907. The number of imide groups is 1. The third-order valence-corrected chi connectivity index (χ3v) is 4.74. The topological polar surface area (TPSA) is 49.4 Å². The lowest BCUT2D eigenvalue weighted by Gasteiger charge is -2.22. The van der Waals surface area contributed by atoms with Crippen LogP contribution in [0.1, 0.15) is 23.6 Å². The Kier molecular flexibility index (Phi) is 4.17. The van der Waals surface area contributed by atoms with Crippen LogP contribution in [-0.4, -0.2) is 16.8 Å². The first kappa shape index (κ1) is 16.6. The van der Waals surface area contributed by atoms with E-state index >= 15 is 0 Å². The minimum atomic E-state index is -1.14. The fourth-order valence-electron chi connectivity index (χ4n) is 2.74. The van der Waals surface area contributed by atoms with Gasteiger partial charge in [0.2, 0.25) is 0 Å². The molecule has 1 saturated heterocycles. The molecule has 0 unspecified atom stereocenters. The van der Waals surface area contributed by atoms with Crippen molar-refractivity contribution in [1.29, 1.82) is 0 Å². The molecule has 0 saturated carbocycles. The van der Waals surface area contributed by atoms with Crippen molar-refractivity contribution in [2.45, 2.75) is 25.9 Å². The standard InChI is InChI=1S/C18H16BrFN2O2/c1-11-3-6-13(7-4-11)18(2)16(23)22(17(24)21-18)10-12-5-8-14(19)9-15(12)20/h3-9H,10H2,1-2H3,(H,21,24)/t18-/m0/s1. The average molecular weight is 391 g/mol. The molecule has 1 fully saturated rings. The number of amides is 3. The highest BCUT2D eigenvalue weighted by Gasteiger charge is 2.48. The van der Waals surface area contributed by atoms with E-state index in [2.05, 4.69) is 21.2 Å². The Morgan fingerprint density at radius 3 is 2.46 bits per heavy atom. The number of carbonyl (C=O) groups is 2. The van der Waals surface area contributed by atoms with Crippen LogP contribution in [0.5, 0.6) is 0 Å². The van der Waals surface area contributed by atoms with Crippen molar-refractivity contribution in [3.63, 3.8) is 0 Å². The zero-order valence-corrected chi connectivity index (χ0v) is 14.9. The van der Waals surface area contributed by atoms with E-state index < -0.39 is 23.3 Å². The number of benzene rings is 2. The maximum absolute atomic E-state index is 14.0. The molecule has 0 aromatic heterocycles. The van der Waals surface area contributed by atoms with Crippen LogP contribution in [0.25, 0.3) is 0 Å². The molecule has 24 heavy (non-hydrogen) atoms. The van der Waals surface area contributed by atoms with E-state index in [0.717, 1.165) is 10.5 Å². The Hall–Kier alpha value is -2.21. The summed E-state index contributed by atoms with van der Waals surface area (Å²) in [6.07, 6.45) is 0. The van der Waals surface area contributed by atoms with Crippen molar-refractivity contribution < 1.29 is 14.0 Å². The van der Waals surface area contributed by atoms with Crippen molar-refractivity contribution >= 4 is 27.9 Å². The zero-order chi connectivity index (χ0) is 17.5. The van der Waals surface area contributed by atoms with Crippen LogP contribution in [0, 0.1) is 12.7 Å². The van der Waals surface area contributed by atoms with Crippen LogP contribution in [0.15, 0.2) is 46.9 Å². The van der Waals surface area contributed by atoms with Crippen LogP contribution in [0.2, 0.25) is 0 Å². The molecule has 3 rings (SSSR count). The number of halogens is 2. The summed E-state index contributed by atoms with van der Waals surface area (Å²) in [5.74, 6) is -0.854. The van der Waals surface area contributed by atoms with Crippen molar-refractivity contribution in [3.8, 4) is 0 Å². The Labute approximate surface area is 147 Å². The SMILES string of the molecule is Cc1ccc([C@]2(C)NC(=O)N(Cc3ccc(Br)cc3F)C2=O)cc1. The van der Waals surface area contributed by atoms with Gasteiger partial charge in [-0.2, -0.15) is 0 Å². The van der Waals surface area contributed by atoms with Gasteiger partial charge in [0.1, 0.15) is 11.4 Å². The fraction of sp³-hybridized carbons (Fsp3) is 0.222. The third-order valence-electron chi connectivity index (χ3n) is 4.25. The van der Waals surface area contributed by atoms with Crippen molar-refractivity contribution in [1.82, 2.24) is 10.2 Å². The lowest BCUT2D eigenvalue weighted by atomic mass is 9.91. The first-order valence-corrected chi connectivity index (χ1v) is 8.26. The van der Waals surface area contributed by atoms with E-state index in [9.17, 15) is 14.0 Å². The van der Waals surface area contributed by atoms with E-state index in [1.165, 1.54) is 6.07 Å². The lowest BCUT2D eigenvalue weighted by Crippen LogP contribution is -2.40. The number of nitrogens with one attached hydrogen (secondary N) is 1. The molecule has 0 bridgehead atoms. The number of urea groups is 1. The quantitative estimate of drug-likeness (QED) is 0.808. The van der Waals surface area contributed by atoms with E-state index in [4.69, 9.17) is 0 Å². The molecular formula is C18H16BrFN2O2. The molecule has 1 aliphatic rings. The number of rotatable bonds is 3. The second-order valence-electron chi connectivity index (χ2n) is 6.05. The van der Waals surface area contributed by atoms with Crippen molar-refractivity contribution in [3.05, 3.63) is 69.4 Å². The molecule has 1 N–H and O–H groups in total. The molecule has 1 atom stereocenters. The monoisotopic (exact) mass is 390 g/mol. The number of hydrogen-bond donors (Lipinski definition) is 1. The first-order valence-electron chi connectivity index (χ1n) is 7.46. The van der Waals surface area contributed by atoms with E-state index in [0.29, 0.717) is 10.0 Å². The Balaban J connectivity index is 1.90. The van der Waals surface area contributed by atoms with Crippen LogP contribution in [0.3, 0.4) is 0 Å². The first-order chi connectivity index (χ1) is 11.3. The zero-order valence-electron chi connectivity index (χ0n) is 13.3. The van der Waals surface area contributed by atoms with Crippen LogP contribution < -0.4 is 5.32 Å². The highest BCUT2D eigenvalue weighted by atomic mass is 79.9. The van der Waals surface area contributed by atoms with Gasteiger partial charge in [-0.05, 0) is 31.5 Å². The number of hydrogen-bond acceptors (Lipinski definition) is 2. The summed E-state index contributed by atoms with van der Waals surface area (Å²) >= 11 is 3.19. The predicted octanol–water partition coefficient (Wildman–Crippen LogP) is 3.86. The molecule has 2 aromatic carbocycles. The van der Waals surface area contributed by atoms with Gasteiger partial charge < -0.3 is 5.32 Å². The smallest absolute Gasteiger partial charge is 0.319 e. The second-order valence-corrected chi connectivity index (χ2v) is 6.96. The number of nitrogens with zero attached hydrogens (tertiary/aromatic N) is 1. The summed E-state index contributed by atoms with van der Waals surface area (Å²) in [7, 11) is 0. The van der Waals surface area contributed by atoms with Gasteiger partial charge in [0.15, 0.2) is 0 Å². The molecule has 1 heterocycles. The molecule has 0 aliphatic carbocycles. The van der Waals surface area contributed by atoms with Crippen molar-refractivity contribution in [2.75, 3.05) is 0 Å². The molecule has 2 aromatic rings. The highest BCUT2D eigenvalue weighted by Crippen LogP contribution is 2.30. The molecular weight excluding hydrogens is 375 g/mol. The molecule has 0 spiro atoms. The van der Waals surface area contributed by atoms with Gasteiger partial charge >= 0.3 is 6.03 Å². The normalized spacial score (nSPS) is 20.4. The number of carbonyl (C=O) groups excluding carboxylic acids is 2. The molecule has 0 radical (unpaired) electrons. The van der Waals surface area contributed by atoms with Gasteiger partial charge in [0, 0.05) is 10.0 Å². The summed E-state index contributed by atoms with van der Waals surface area (Å²) in [6, 6.07) is 11.4. The van der Waals surface area contributed by atoms with E-state index in [1.807, 2.05) is 31.2 Å². The Morgan fingerprint density at radius 2 is 1.83 bits per heavy atom. The third kappa shape index (κ3) is 2.82.